The smallest absolute Gasteiger partial charge is 0.407 e. The average molecular weight is 933 g/mol. The first-order valence-electron chi connectivity index (χ1n) is 24.5. The number of aromatic nitrogens is 4. The highest BCUT2D eigenvalue weighted by Crippen LogP contribution is 2.49. The Morgan fingerprint density at radius 3 is 1.68 bits per heavy atom. The number of benzene rings is 3. The number of alkyl carbamates (subject to hydrolysis) is 1. The zero-order valence-corrected chi connectivity index (χ0v) is 39.9. The maximum Gasteiger partial charge on any atom is 0.407 e. The summed E-state index contributed by atoms with van der Waals surface area (Å²) in [5.74, 6) is 0.948. The van der Waals surface area contributed by atoms with Crippen LogP contribution >= 0.6 is 0 Å². The van der Waals surface area contributed by atoms with Crippen LogP contribution in [-0.2, 0) is 14.3 Å². The minimum Gasteiger partial charge on any atom is -0.465 e. The van der Waals surface area contributed by atoms with Crippen LogP contribution < -0.4 is 20.4 Å². The molecule has 0 bridgehead atoms. The monoisotopic (exact) mass is 933 g/mol. The van der Waals surface area contributed by atoms with Gasteiger partial charge in [-0.15, -0.1) is 0 Å². The van der Waals surface area contributed by atoms with Crippen molar-refractivity contribution in [3.8, 4) is 0 Å². The Morgan fingerprint density at radius 2 is 1.21 bits per heavy atom. The summed E-state index contributed by atoms with van der Waals surface area (Å²) in [4.78, 5) is 76.7. The molecule has 6 atom stereocenters. The number of piperidine rings is 1. The average Bonchev–Trinajstić information content (AvgIpc) is 4.18. The molecule has 0 radical (unpaired) electrons. The van der Waals surface area contributed by atoms with Gasteiger partial charge in [0.25, 0.3) is 0 Å². The van der Waals surface area contributed by atoms with E-state index in [1.807, 2.05) is 50.8 Å². The summed E-state index contributed by atoms with van der Waals surface area (Å²) in [7, 11) is 1.29. The fraction of sp³-hybridized carbons (Fsp3) is 0.529. The number of nitrogens with one attached hydrogen (secondary N) is 4. The minimum absolute atomic E-state index is 0.122. The molecule has 2 aromatic heterocycles. The first-order valence-corrected chi connectivity index (χ1v) is 24.5. The third-order valence-corrected chi connectivity index (χ3v) is 14.9. The van der Waals surface area contributed by atoms with Gasteiger partial charge in [-0.1, -0.05) is 46.8 Å². The van der Waals surface area contributed by atoms with Gasteiger partial charge in [-0.3, -0.25) is 9.59 Å². The second-order valence-electron chi connectivity index (χ2n) is 20.0. The van der Waals surface area contributed by atoms with E-state index in [2.05, 4.69) is 67.7 Å². The van der Waals surface area contributed by atoms with E-state index in [1.165, 1.54) is 7.11 Å². The van der Waals surface area contributed by atoms with E-state index in [-0.39, 0.29) is 53.6 Å². The first kappa shape index (κ1) is 46.7. The van der Waals surface area contributed by atoms with Gasteiger partial charge >= 0.3 is 12.2 Å². The second-order valence-corrected chi connectivity index (χ2v) is 20.0. The molecule has 0 aliphatic carbocycles. The van der Waals surface area contributed by atoms with E-state index < -0.39 is 24.3 Å². The summed E-state index contributed by atoms with van der Waals surface area (Å²) >= 11 is 0. The van der Waals surface area contributed by atoms with Gasteiger partial charge < -0.3 is 50.0 Å². The van der Waals surface area contributed by atoms with Crippen molar-refractivity contribution in [2.75, 3.05) is 43.1 Å². The Labute approximate surface area is 396 Å². The quantitative estimate of drug-likeness (QED) is 0.0807. The Kier molecular flexibility index (Phi) is 13.3. The van der Waals surface area contributed by atoms with Crippen molar-refractivity contribution >= 4 is 57.4 Å². The van der Waals surface area contributed by atoms with Crippen LogP contribution in [0.4, 0.5) is 25.4 Å². The molecule has 4 aliphatic rings. The summed E-state index contributed by atoms with van der Waals surface area (Å²) in [6.07, 6.45) is 4.79. The molecule has 1 unspecified atom stereocenters. The Morgan fingerprint density at radius 1 is 0.691 bits per heavy atom. The minimum atomic E-state index is -1.23. The van der Waals surface area contributed by atoms with E-state index in [0.29, 0.717) is 42.8 Å². The van der Waals surface area contributed by atoms with E-state index in [9.17, 15) is 24.3 Å². The summed E-state index contributed by atoms with van der Waals surface area (Å²) in [6.45, 7) is 12.4. The van der Waals surface area contributed by atoms with E-state index in [1.54, 1.807) is 11.0 Å². The third kappa shape index (κ3) is 9.15. The molecule has 3 aromatic carbocycles. The molecule has 68 heavy (non-hydrogen) atoms. The molecule has 5 aromatic rings. The van der Waals surface area contributed by atoms with Crippen LogP contribution in [0.5, 0.6) is 0 Å². The second kappa shape index (κ2) is 19.3. The molecule has 9 rings (SSSR count). The van der Waals surface area contributed by atoms with Crippen LogP contribution in [0.15, 0.2) is 54.6 Å². The number of aromatic amines is 2. The van der Waals surface area contributed by atoms with Crippen LogP contribution in [0.25, 0.3) is 22.1 Å². The molecule has 6 heterocycles. The summed E-state index contributed by atoms with van der Waals surface area (Å²) in [5.41, 5.74) is 6.71. The number of halogens is 1. The Bertz CT molecular complexity index is 2680. The number of H-pyrrole nitrogens is 2. The summed E-state index contributed by atoms with van der Waals surface area (Å²) in [6, 6.07) is 15.7. The number of imidazole rings is 2. The number of hydrogen-bond acceptors (Lipinski definition) is 9. The topological polar surface area (TPSA) is 192 Å². The number of amides is 4. The van der Waals surface area contributed by atoms with Crippen LogP contribution in [0.1, 0.15) is 133 Å². The molecule has 362 valence electrons. The number of carboxylic acid groups (broad SMARTS) is 1. The fourth-order valence-corrected chi connectivity index (χ4v) is 11.1. The van der Waals surface area contributed by atoms with Crippen molar-refractivity contribution < 1.29 is 33.4 Å². The SMILES string of the molecule is COC(=O)N[C@H](C(=O)N1CCC[C@H]1c1nc2cc(C3CC[C@H](c4ccc5[nH]c([C@@H]6CCCN6C(=O)[C@@H](NC(=O)O)C(C)C)nc5c4)N3c3ccc(N4CCC(C)CC4)c(F)c3)ccc2[nH]1)C(C)C. The van der Waals surface area contributed by atoms with Crippen molar-refractivity contribution in [3.63, 3.8) is 0 Å². The van der Waals surface area contributed by atoms with Crippen LogP contribution in [0, 0.1) is 23.6 Å². The zero-order valence-electron chi connectivity index (χ0n) is 39.9. The number of carbonyl (C=O) groups excluding carboxylic acids is 3. The summed E-state index contributed by atoms with van der Waals surface area (Å²) in [5, 5.41) is 14.6. The number of nitrogens with zero attached hydrogens (tertiary/aromatic N) is 6. The number of ether oxygens (including phenoxy) is 1. The first-order chi connectivity index (χ1) is 32.7. The van der Waals surface area contributed by atoms with Gasteiger partial charge in [-0.05, 0) is 123 Å². The number of anilines is 2. The molecule has 4 aliphatic heterocycles. The van der Waals surface area contributed by atoms with Gasteiger partial charge in [0.15, 0.2) is 0 Å². The largest absolute Gasteiger partial charge is 0.465 e. The number of carbonyl (C=O) groups is 4. The van der Waals surface area contributed by atoms with Crippen LogP contribution in [0.3, 0.4) is 0 Å². The van der Waals surface area contributed by atoms with Crippen molar-refractivity contribution in [2.24, 2.45) is 17.8 Å². The lowest BCUT2D eigenvalue weighted by atomic mass is 9.98. The van der Waals surface area contributed by atoms with Gasteiger partial charge in [0, 0.05) is 31.9 Å². The third-order valence-electron chi connectivity index (χ3n) is 14.9. The summed E-state index contributed by atoms with van der Waals surface area (Å²) < 4.78 is 21.3. The van der Waals surface area contributed by atoms with Gasteiger partial charge in [-0.2, -0.15) is 0 Å². The molecule has 4 amide bonds. The molecule has 4 saturated heterocycles. The lowest BCUT2D eigenvalue weighted by molar-refractivity contribution is -0.136. The fourth-order valence-electron chi connectivity index (χ4n) is 11.1. The number of likely N-dealkylation sites (tertiary alicyclic amines) is 2. The van der Waals surface area contributed by atoms with Crippen LogP contribution in [-0.4, -0.2) is 104 Å². The standard InChI is InChI=1S/C51H65FN10O6/c1-28(2)44(57-50(65)66)48(63)60-21-7-9-42(60)46-53-35-14-11-31(25-37(35)55-46)39-17-18-40(62(39)33-13-16-41(34(52)27-33)59-23-19-30(5)20-24-59)32-12-15-36-38(26-32)56-47(54-36)43-10-8-22-61(43)49(64)45(29(3)4)58-51(67)68-6/h11-16,25-30,39-40,42-45,57H,7-10,17-24H2,1-6H3,(H,53,55)(H,54,56)(H,58,67)(H,65,66)/t39-,40?,42+,43+,44+,45+/m1/s1. The van der Waals surface area contributed by atoms with Crippen LogP contribution in [0.2, 0.25) is 0 Å². The molecular formula is C51H65FN10O6. The number of methoxy groups -OCH3 is 1. The van der Waals surface area contributed by atoms with E-state index in [0.717, 1.165) is 96.9 Å². The van der Waals surface area contributed by atoms with E-state index >= 15 is 4.39 Å². The number of rotatable bonds is 12. The maximum absolute atomic E-state index is 16.5. The van der Waals surface area contributed by atoms with Crippen molar-refractivity contribution in [2.45, 2.75) is 122 Å². The molecule has 4 fully saturated rings. The zero-order chi connectivity index (χ0) is 48.0. The molecule has 17 heteroatoms. The predicted molar refractivity (Wildman–Crippen MR) is 258 cm³/mol. The van der Waals surface area contributed by atoms with Crippen molar-refractivity contribution in [1.29, 1.82) is 0 Å². The van der Waals surface area contributed by atoms with Crippen molar-refractivity contribution in [1.82, 2.24) is 40.4 Å². The van der Waals surface area contributed by atoms with Gasteiger partial charge in [0.1, 0.15) is 29.5 Å². The lowest BCUT2D eigenvalue weighted by Gasteiger charge is -2.35. The number of hydrogen-bond donors (Lipinski definition) is 5. The van der Waals surface area contributed by atoms with Crippen molar-refractivity contribution in [3.05, 3.63) is 83.2 Å². The Balaban J connectivity index is 1.03. The van der Waals surface area contributed by atoms with E-state index in [4.69, 9.17) is 14.7 Å². The number of fused-ring (bicyclic) bond motifs is 2. The molecule has 0 spiro atoms. The van der Waals surface area contributed by atoms with Gasteiger partial charge in [-0.25, -0.2) is 23.9 Å². The predicted octanol–water partition coefficient (Wildman–Crippen LogP) is 8.90. The molecule has 5 N–H and O–H groups in total. The van der Waals surface area contributed by atoms with Gasteiger partial charge in [0.05, 0.1) is 59.0 Å². The normalized spacial score (nSPS) is 22.2. The molecule has 0 saturated carbocycles. The highest BCUT2D eigenvalue weighted by atomic mass is 19.1. The maximum atomic E-state index is 16.5. The van der Waals surface area contributed by atoms with Gasteiger partial charge in [0.2, 0.25) is 11.8 Å². The highest BCUT2D eigenvalue weighted by Gasteiger charge is 2.41. The molecule has 16 nitrogen and oxygen atoms in total. The Hall–Kier alpha value is -6.39. The lowest BCUT2D eigenvalue weighted by Crippen LogP contribution is -2.51. The molecular weight excluding hydrogens is 868 g/mol. The highest BCUT2D eigenvalue weighted by molar-refractivity contribution is 5.87.